The SMILES string of the molecule is CC(=O)NC(Cc1c[nH]c2cc(F)ccc12)C(=O)N(C)CCC(C)O. The standard InChI is InChI=1S/C18H24FN3O3/c1-11(23)6-7-22(3)18(25)17(21-12(2)24)8-13-10-20-16-9-14(19)4-5-15(13)16/h4-5,9-11,17,20,23H,6-8H2,1-3H3,(H,21,24). The molecule has 1 aromatic heterocycles. The van der Waals surface area contributed by atoms with Gasteiger partial charge in [0.15, 0.2) is 0 Å². The molecule has 0 spiro atoms. The molecule has 0 saturated heterocycles. The molecule has 3 N–H and O–H groups in total. The van der Waals surface area contributed by atoms with Crippen LogP contribution in [0.3, 0.4) is 0 Å². The average Bonchev–Trinajstić information content (AvgIpc) is 2.92. The fourth-order valence-corrected chi connectivity index (χ4v) is 2.75. The number of halogens is 1. The van der Waals surface area contributed by atoms with Crippen LogP contribution >= 0.6 is 0 Å². The molecule has 25 heavy (non-hydrogen) atoms. The summed E-state index contributed by atoms with van der Waals surface area (Å²) >= 11 is 0. The van der Waals surface area contributed by atoms with E-state index >= 15 is 0 Å². The molecule has 2 amide bonds. The van der Waals surface area contributed by atoms with Crippen molar-refractivity contribution in [3.8, 4) is 0 Å². The number of hydrogen-bond donors (Lipinski definition) is 3. The molecular weight excluding hydrogens is 325 g/mol. The Morgan fingerprint density at radius 2 is 2.12 bits per heavy atom. The second-order valence-electron chi connectivity index (χ2n) is 6.36. The largest absolute Gasteiger partial charge is 0.393 e. The summed E-state index contributed by atoms with van der Waals surface area (Å²) in [5.41, 5.74) is 1.47. The molecule has 0 aliphatic rings. The van der Waals surface area contributed by atoms with Crippen LogP contribution in [0, 0.1) is 5.82 Å². The van der Waals surface area contributed by atoms with Crippen molar-refractivity contribution >= 4 is 22.7 Å². The predicted octanol–water partition coefficient (Wildman–Crippen LogP) is 1.58. The average molecular weight is 349 g/mol. The van der Waals surface area contributed by atoms with Crippen molar-refractivity contribution in [2.75, 3.05) is 13.6 Å². The van der Waals surface area contributed by atoms with Crippen molar-refractivity contribution in [1.82, 2.24) is 15.2 Å². The Hall–Kier alpha value is -2.41. The number of likely N-dealkylation sites (N-methyl/N-ethyl adjacent to an activating group) is 1. The van der Waals surface area contributed by atoms with Gasteiger partial charge in [-0.3, -0.25) is 9.59 Å². The number of carbonyl (C=O) groups excluding carboxylic acids is 2. The summed E-state index contributed by atoms with van der Waals surface area (Å²) in [7, 11) is 1.64. The first-order valence-electron chi connectivity index (χ1n) is 8.23. The molecule has 0 radical (unpaired) electrons. The van der Waals surface area contributed by atoms with Crippen LogP contribution in [0.5, 0.6) is 0 Å². The number of nitrogens with zero attached hydrogens (tertiary/aromatic N) is 1. The predicted molar refractivity (Wildman–Crippen MR) is 93.5 cm³/mol. The van der Waals surface area contributed by atoms with Crippen molar-refractivity contribution in [1.29, 1.82) is 0 Å². The van der Waals surface area contributed by atoms with Gasteiger partial charge in [0, 0.05) is 44.0 Å². The molecule has 7 heteroatoms. The molecule has 6 nitrogen and oxygen atoms in total. The minimum Gasteiger partial charge on any atom is -0.393 e. The maximum atomic E-state index is 13.3. The Labute approximate surface area is 146 Å². The number of aromatic amines is 1. The second kappa shape index (κ2) is 8.11. The van der Waals surface area contributed by atoms with E-state index in [1.807, 2.05) is 0 Å². The molecule has 0 aliphatic heterocycles. The smallest absolute Gasteiger partial charge is 0.245 e. The van der Waals surface area contributed by atoms with Gasteiger partial charge < -0.3 is 20.3 Å². The Balaban J connectivity index is 2.18. The Morgan fingerprint density at radius 3 is 2.76 bits per heavy atom. The van der Waals surface area contributed by atoms with Gasteiger partial charge in [-0.15, -0.1) is 0 Å². The molecule has 2 aromatic rings. The first kappa shape index (κ1) is 18.9. The number of H-pyrrole nitrogens is 1. The molecule has 0 bridgehead atoms. The lowest BCUT2D eigenvalue weighted by Crippen LogP contribution is -2.48. The molecule has 0 aliphatic carbocycles. The zero-order valence-electron chi connectivity index (χ0n) is 14.7. The minimum atomic E-state index is -0.722. The fourth-order valence-electron chi connectivity index (χ4n) is 2.75. The van der Waals surface area contributed by atoms with Crippen LogP contribution in [0.1, 0.15) is 25.8 Å². The monoisotopic (exact) mass is 349 g/mol. The number of rotatable bonds is 7. The molecule has 1 aromatic carbocycles. The van der Waals surface area contributed by atoms with E-state index in [0.29, 0.717) is 24.9 Å². The van der Waals surface area contributed by atoms with Gasteiger partial charge in [-0.2, -0.15) is 0 Å². The summed E-state index contributed by atoms with van der Waals surface area (Å²) in [6, 6.07) is 3.69. The first-order chi connectivity index (χ1) is 11.8. The molecule has 2 unspecified atom stereocenters. The van der Waals surface area contributed by atoms with Crippen molar-refractivity contribution in [2.24, 2.45) is 0 Å². The minimum absolute atomic E-state index is 0.229. The molecule has 1 heterocycles. The van der Waals surface area contributed by atoms with Crippen LogP contribution < -0.4 is 5.32 Å². The van der Waals surface area contributed by atoms with E-state index in [1.165, 1.54) is 24.0 Å². The number of hydrogen-bond acceptors (Lipinski definition) is 3. The van der Waals surface area contributed by atoms with Gasteiger partial charge in [-0.05, 0) is 37.1 Å². The summed E-state index contributed by atoms with van der Waals surface area (Å²) in [5.74, 6) is -0.867. The molecule has 136 valence electrons. The van der Waals surface area contributed by atoms with Crippen molar-refractivity contribution in [2.45, 2.75) is 38.8 Å². The Morgan fingerprint density at radius 1 is 1.40 bits per heavy atom. The van der Waals surface area contributed by atoms with Crippen LogP contribution in [0.15, 0.2) is 24.4 Å². The van der Waals surface area contributed by atoms with Crippen LogP contribution in [0.4, 0.5) is 4.39 Å². The Bertz CT molecular complexity index is 757. The summed E-state index contributed by atoms with van der Waals surface area (Å²) in [6.45, 7) is 3.42. The number of amides is 2. The molecule has 2 rings (SSSR count). The van der Waals surface area contributed by atoms with Crippen molar-refractivity contribution in [3.63, 3.8) is 0 Å². The summed E-state index contributed by atoms with van der Waals surface area (Å²) in [6.07, 6.45) is 1.98. The van der Waals surface area contributed by atoms with Crippen molar-refractivity contribution in [3.05, 3.63) is 35.8 Å². The first-order valence-corrected chi connectivity index (χ1v) is 8.23. The number of carbonyl (C=O) groups is 2. The van der Waals surface area contributed by atoms with Gasteiger partial charge >= 0.3 is 0 Å². The Kier molecular flexibility index (Phi) is 6.14. The third kappa shape index (κ3) is 5.03. The van der Waals surface area contributed by atoms with Crippen LogP contribution in [0.2, 0.25) is 0 Å². The third-order valence-corrected chi connectivity index (χ3v) is 4.09. The van der Waals surface area contributed by atoms with Gasteiger partial charge in [0.1, 0.15) is 11.9 Å². The van der Waals surface area contributed by atoms with Crippen LogP contribution in [0.25, 0.3) is 10.9 Å². The van der Waals surface area contributed by atoms with E-state index < -0.39 is 12.1 Å². The lowest BCUT2D eigenvalue weighted by atomic mass is 10.0. The zero-order chi connectivity index (χ0) is 18.6. The summed E-state index contributed by atoms with van der Waals surface area (Å²) in [4.78, 5) is 28.7. The lowest BCUT2D eigenvalue weighted by molar-refractivity contribution is -0.135. The maximum absolute atomic E-state index is 13.3. The molecular formula is C18H24FN3O3. The highest BCUT2D eigenvalue weighted by Gasteiger charge is 2.24. The number of aliphatic hydroxyl groups is 1. The molecule has 0 fully saturated rings. The maximum Gasteiger partial charge on any atom is 0.245 e. The van der Waals surface area contributed by atoms with Crippen LogP contribution in [-0.4, -0.2) is 52.5 Å². The normalized spacial score (nSPS) is 13.5. The van der Waals surface area contributed by atoms with E-state index in [1.54, 1.807) is 26.2 Å². The summed E-state index contributed by atoms with van der Waals surface area (Å²) in [5, 5.41) is 12.9. The van der Waals surface area contributed by atoms with Gasteiger partial charge in [-0.25, -0.2) is 4.39 Å². The summed E-state index contributed by atoms with van der Waals surface area (Å²) < 4.78 is 13.3. The number of nitrogens with one attached hydrogen (secondary N) is 2. The molecule has 2 atom stereocenters. The van der Waals surface area contributed by atoms with Gasteiger partial charge in [-0.1, -0.05) is 0 Å². The van der Waals surface area contributed by atoms with E-state index in [2.05, 4.69) is 10.3 Å². The van der Waals surface area contributed by atoms with E-state index in [0.717, 1.165) is 10.9 Å². The number of aliphatic hydroxyl groups excluding tert-OH is 1. The van der Waals surface area contributed by atoms with Gasteiger partial charge in [0.25, 0.3) is 0 Å². The zero-order valence-corrected chi connectivity index (χ0v) is 14.7. The quantitative estimate of drug-likeness (QED) is 0.709. The van der Waals surface area contributed by atoms with Gasteiger partial charge in [0.2, 0.25) is 11.8 Å². The van der Waals surface area contributed by atoms with Crippen LogP contribution in [-0.2, 0) is 16.0 Å². The highest BCUT2D eigenvalue weighted by molar-refractivity contribution is 5.89. The third-order valence-electron chi connectivity index (χ3n) is 4.09. The lowest BCUT2D eigenvalue weighted by Gasteiger charge is -2.24. The van der Waals surface area contributed by atoms with Gasteiger partial charge in [0.05, 0.1) is 6.10 Å². The highest BCUT2D eigenvalue weighted by atomic mass is 19.1. The number of fused-ring (bicyclic) bond motifs is 1. The fraction of sp³-hybridized carbons (Fsp3) is 0.444. The molecule has 0 saturated carbocycles. The van der Waals surface area contributed by atoms with E-state index in [-0.39, 0.29) is 17.6 Å². The number of aromatic nitrogens is 1. The van der Waals surface area contributed by atoms with Crippen molar-refractivity contribution < 1.29 is 19.1 Å². The van der Waals surface area contributed by atoms with E-state index in [4.69, 9.17) is 0 Å². The van der Waals surface area contributed by atoms with E-state index in [9.17, 15) is 19.1 Å². The topological polar surface area (TPSA) is 85.4 Å². The second-order valence-corrected chi connectivity index (χ2v) is 6.36. The number of benzene rings is 1. The highest BCUT2D eigenvalue weighted by Crippen LogP contribution is 2.21.